The van der Waals surface area contributed by atoms with Crippen molar-refractivity contribution in [1.82, 2.24) is 34.9 Å². The van der Waals surface area contributed by atoms with Gasteiger partial charge in [0.15, 0.2) is 5.65 Å². The van der Waals surface area contributed by atoms with Gasteiger partial charge in [0.05, 0.1) is 11.4 Å². The van der Waals surface area contributed by atoms with Crippen LogP contribution in [-0.4, -0.2) is 74.7 Å². The molecule has 7 rings (SSSR count). The van der Waals surface area contributed by atoms with Crippen molar-refractivity contribution in [1.29, 1.82) is 0 Å². The number of hydrogen-bond donors (Lipinski definition) is 2. The Morgan fingerprint density at radius 1 is 0.848 bits per heavy atom. The van der Waals surface area contributed by atoms with E-state index >= 15 is 0 Å². The van der Waals surface area contributed by atoms with Crippen molar-refractivity contribution < 1.29 is 9.53 Å². The second-order valence-electron chi connectivity index (χ2n) is 12.4. The number of rotatable bonds is 8. The highest BCUT2D eigenvalue weighted by Gasteiger charge is 2.30. The van der Waals surface area contributed by atoms with Crippen molar-refractivity contribution in [2.24, 2.45) is 0 Å². The molecule has 3 N–H and O–H groups in total. The summed E-state index contributed by atoms with van der Waals surface area (Å²) in [6.45, 7) is 5.05. The molecule has 10 heteroatoms. The molecule has 1 saturated heterocycles. The summed E-state index contributed by atoms with van der Waals surface area (Å²) in [7, 11) is 2.21. The van der Waals surface area contributed by atoms with Crippen LogP contribution in [0, 0.1) is 0 Å². The Labute approximate surface area is 269 Å². The van der Waals surface area contributed by atoms with E-state index in [2.05, 4.69) is 36.8 Å². The van der Waals surface area contributed by atoms with E-state index in [9.17, 15) is 4.79 Å². The molecule has 2 aromatic heterocycles. The van der Waals surface area contributed by atoms with Gasteiger partial charge in [-0.1, -0.05) is 30.3 Å². The molecule has 2 aliphatic rings. The number of nitrogens with zero attached hydrogens (tertiary/aromatic N) is 6. The number of carbonyl (C=O) groups is 1. The number of fused-ring (bicyclic) bond motifs is 1. The van der Waals surface area contributed by atoms with Crippen LogP contribution in [0.2, 0.25) is 0 Å². The fraction of sp³-hybridized carbons (Fsp3) is 0.333. The van der Waals surface area contributed by atoms with Crippen LogP contribution in [0.15, 0.2) is 85.2 Å². The van der Waals surface area contributed by atoms with Crippen molar-refractivity contribution in [3.05, 3.63) is 96.3 Å². The van der Waals surface area contributed by atoms with Crippen LogP contribution in [0.1, 0.15) is 47.6 Å². The van der Waals surface area contributed by atoms with Gasteiger partial charge in [-0.15, -0.1) is 0 Å². The van der Waals surface area contributed by atoms with E-state index in [4.69, 9.17) is 15.6 Å². The van der Waals surface area contributed by atoms with Crippen LogP contribution in [0.5, 0.6) is 11.5 Å². The normalized spacial score (nSPS) is 19.2. The largest absolute Gasteiger partial charge is 0.457 e. The second kappa shape index (κ2) is 13.3. The van der Waals surface area contributed by atoms with E-state index in [1.165, 1.54) is 19.2 Å². The third-order valence-corrected chi connectivity index (χ3v) is 9.36. The van der Waals surface area contributed by atoms with Gasteiger partial charge in [-0.3, -0.25) is 9.69 Å². The van der Waals surface area contributed by atoms with Gasteiger partial charge < -0.3 is 20.7 Å². The Hall–Kier alpha value is -4.80. The van der Waals surface area contributed by atoms with E-state index < -0.39 is 0 Å². The molecule has 1 aliphatic heterocycles. The smallest absolute Gasteiger partial charge is 0.251 e. The molecule has 236 valence electrons. The number of anilines is 1. The van der Waals surface area contributed by atoms with Gasteiger partial charge in [-0.25, -0.2) is 14.6 Å². The molecule has 3 aromatic carbocycles. The SMILES string of the molecule is CN1CCN(C2CCC(n3nc(-c4ccc(Oc5ccc(CNC(=O)c6ccccc6)cc5)cc4)c4c(N)ncnc43)CC2)CC1. The van der Waals surface area contributed by atoms with Crippen molar-refractivity contribution in [2.75, 3.05) is 39.0 Å². The minimum absolute atomic E-state index is 0.0967. The monoisotopic (exact) mass is 616 g/mol. The first-order valence-electron chi connectivity index (χ1n) is 16.1. The number of nitrogen functional groups attached to an aromatic ring is 1. The number of benzene rings is 3. The maximum Gasteiger partial charge on any atom is 0.251 e. The highest BCUT2D eigenvalue weighted by molar-refractivity contribution is 5.98. The van der Waals surface area contributed by atoms with E-state index in [-0.39, 0.29) is 11.9 Å². The lowest BCUT2D eigenvalue weighted by molar-refractivity contribution is 0.0815. The molecular weight excluding hydrogens is 576 g/mol. The minimum atomic E-state index is -0.0967. The number of carbonyl (C=O) groups excluding carboxylic acids is 1. The lowest BCUT2D eigenvalue weighted by Gasteiger charge is -2.41. The molecule has 0 bridgehead atoms. The predicted octanol–water partition coefficient (Wildman–Crippen LogP) is 5.53. The number of nitrogens with two attached hydrogens (primary N) is 1. The first-order valence-corrected chi connectivity index (χ1v) is 16.1. The van der Waals surface area contributed by atoms with Crippen molar-refractivity contribution in [3.63, 3.8) is 0 Å². The summed E-state index contributed by atoms with van der Waals surface area (Å²) in [6, 6.07) is 25.7. The second-order valence-corrected chi connectivity index (χ2v) is 12.4. The van der Waals surface area contributed by atoms with Crippen LogP contribution >= 0.6 is 0 Å². The molecule has 1 saturated carbocycles. The lowest BCUT2D eigenvalue weighted by Crippen LogP contribution is -2.49. The van der Waals surface area contributed by atoms with Crippen molar-refractivity contribution in [2.45, 2.75) is 44.3 Å². The lowest BCUT2D eigenvalue weighted by atomic mass is 9.90. The maximum atomic E-state index is 12.3. The molecular formula is C36H40N8O2. The van der Waals surface area contributed by atoms with E-state index in [0.717, 1.165) is 66.9 Å². The fourth-order valence-corrected chi connectivity index (χ4v) is 6.67. The standard InChI is InChI=1S/C36H40N8O2/c1-42-19-21-43(22-20-42)28-11-13-29(14-12-28)44-35-32(34(37)39-24-40-35)33(41-44)26-9-17-31(18-10-26)46-30-15-7-25(8-16-30)23-38-36(45)27-5-3-2-4-6-27/h2-10,15-18,24,28-29H,11-14,19-23H2,1H3,(H,38,45)(H2,37,39,40). The van der Waals surface area contributed by atoms with E-state index in [1.54, 1.807) is 12.1 Å². The number of amides is 1. The zero-order valence-electron chi connectivity index (χ0n) is 26.2. The quantitative estimate of drug-likeness (QED) is 0.234. The van der Waals surface area contributed by atoms with Crippen LogP contribution < -0.4 is 15.8 Å². The topological polar surface area (TPSA) is 114 Å². The summed E-state index contributed by atoms with van der Waals surface area (Å²) in [5.74, 6) is 1.77. The number of likely N-dealkylation sites (N-methyl/N-ethyl adjacent to an activating group) is 1. The number of hydrogen-bond acceptors (Lipinski definition) is 8. The minimum Gasteiger partial charge on any atom is -0.457 e. The molecule has 3 heterocycles. The number of ether oxygens (including phenoxy) is 1. The summed E-state index contributed by atoms with van der Waals surface area (Å²) in [5, 5.41) is 8.86. The van der Waals surface area contributed by atoms with Crippen molar-refractivity contribution >= 4 is 22.8 Å². The van der Waals surface area contributed by atoms with Gasteiger partial charge in [0.2, 0.25) is 0 Å². The van der Waals surface area contributed by atoms with Crippen LogP contribution in [0.25, 0.3) is 22.3 Å². The third kappa shape index (κ3) is 6.45. The molecule has 5 aromatic rings. The van der Waals surface area contributed by atoms with Gasteiger partial charge in [0, 0.05) is 49.9 Å². The summed E-state index contributed by atoms with van der Waals surface area (Å²) in [5.41, 5.74) is 10.6. The number of piperazine rings is 1. The highest BCUT2D eigenvalue weighted by atomic mass is 16.5. The first kappa shape index (κ1) is 29.9. The number of aromatic nitrogens is 4. The molecule has 46 heavy (non-hydrogen) atoms. The molecule has 2 fully saturated rings. The maximum absolute atomic E-state index is 12.3. The first-order chi connectivity index (χ1) is 22.5. The molecule has 1 amide bonds. The molecule has 0 spiro atoms. The summed E-state index contributed by atoms with van der Waals surface area (Å²) < 4.78 is 8.22. The fourth-order valence-electron chi connectivity index (χ4n) is 6.67. The van der Waals surface area contributed by atoms with Gasteiger partial charge >= 0.3 is 0 Å². The Morgan fingerprint density at radius 2 is 1.50 bits per heavy atom. The Morgan fingerprint density at radius 3 is 2.20 bits per heavy atom. The van der Waals surface area contributed by atoms with Gasteiger partial charge in [0.25, 0.3) is 5.91 Å². The van der Waals surface area contributed by atoms with Crippen LogP contribution in [0.3, 0.4) is 0 Å². The van der Waals surface area contributed by atoms with Crippen LogP contribution in [0.4, 0.5) is 5.82 Å². The highest BCUT2D eigenvalue weighted by Crippen LogP contribution is 2.37. The molecule has 0 radical (unpaired) electrons. The Bertz CT molecular complexity index is 1770. The predicted molar refractivity (Wildman–Crippen MR) is 180 cm³/mol. The summed E-state index contributed by atoms with van der Waals surface area (Å²) >= 11 is 0. The van der Waals surface area contributed by atoms with Gasteiger partial charge in [0.1, 0.15) is 29.3 Å². The van der Waals surface area contributed by atoms with Gasteiger partial charge in [-0.2, -0.15) is 5.10 Å². The summed E-state index contributed by atoms with van der Waals surface area (Å²) in [4.78, 5) is 26.4. The zero-order valence-corrected chi connectivity index (χ0v) is 26.2. The third-order valence-electron chi connectivity index (χ3n) is 9.36. The average molecular weight is 617 g/mol. The van der Waals surface area contributed by atoms with E-state index in [1.807, 2.05) is 66.7 Å². The Balaban J connectivity index is 1.01. The van der Waals surface area contributed by atoms with E-state index in [0.29, 0.717) is 35.5 Å². The van der Waals surface area contributed by atoms with Crippen LogP contribution in [-0.2, 0) is 6.54 Å². The zero-order chi connectivity index (χ0) is 31.5. The van der Waals surface area contributed by atoms with Crippen molar-refractivity contribution in [3.8, 4) is 22.8 Å². The van der Waals surface area contributed by atoms with Gasteiger partial charge in [-0.05, 0) is 86.8 Å². The molecule has 10 nitrogen and oxygen atoms in total. The number of nitrogens with one attached hydrogen (secondary N) is 1. The molecule has 0 unspecified atom stereocenters. The Kier molecular flexibility index (Phi) is 8.63. The molecule has 1 aliphatic carbocycles. The molecule has 0 atom stereocenters. The summed E-state index contributed by atoms with van der Waals surface area (Å²) in [6.07, 6.45) is 6.01. The average Bonchev–Trinajstić information content (AvgIpc) is 3.50.